The monoisotopic (exact) mass is 279 g/mol. The van der Waals surface area contributed by atoms with Gasteiger partial charge in [-0.2, -0.15) is 0 Å². The standard InChI is InChI=1S/C17H29NO2/c1-4-11-18-16(13-15-6-5-12-20-15)17(19-3)9-7-14(2)8-10-17/h5-6,12,14,16,18H,4,7-11,13H2,1-3H3. The van der Waals surface area contributed by atoms with Gasteiger partial charge in [-0.25, -0.2) is 0 Å². The summed E-state index contributed by atoms with van der Waals surface area (Å²) in [7, 11) is 1.87. The molecule has 3 heteroatoms. The lowest BCUT2D eigenvalue weighted by molar-refractivity contribution is -0.0753. The topological polar surface area (TPSA) is 34.4 Å². The van der Waals surface area contributed by atoms with Gasteiger partial charge in [-0.3, -0.25) is 0 Å². The molecule has 1 aliphatic carbocycles. The molecule has 0 bridgehead atoms. The van der Waals surface area contributed by atoms with Crippen LogP contribution in [0.1, 0.15) is 51.7 Å². The van der Waals surface area contributed by atoms with E-state index in [1.807, 2.05) is 13.2 Å². The highest BCUT2D eigenvalue weighted by Gasteiger charge is 2.41. The lowest BCUT2D eigenvalue weighted by atomic mass is 9.74. The summed E-state index contributed by atoms with van der Waals surface area (Å²) in [5.74, 6) is 1.88. The first kappa shape index (κ1) is 15.6. The van der Waals surface area contributed by atoms with Gasteiger partial charge in [0.15, 0.2) is 0 Å². The summed E-state index contributed by atoms with van der Waals surface area (Å²) in [6.07, 6.45) is 8.63. The van der Waals surface area contributed by atoms with Crippen molar-refractivity contribution in [3.8, 4) is 0 Å². The Morgan fingerprint density at radius 1 is 1.45 bits per heavy atom. The Morgan fingerprint density at radius 3 is 2.75 bits per heavy atom. The van der Waals surface area contributed by atoms with Crippen molar-refractivity contribution in [3.63, 3.8) is 0 Å². The Morgan fingerprint density at radius 2 is 2.20 bits per heavy atom. The van der Waals surface area contributed by atoms with Crippen LogP contribution in [0, 0.1) is 5.92 Å². The fourth-order valence-corrected chi connectivity index (χ4v) is 3.34. The number of hydrogen-bond donors (Lipinski definition) is 1. The lowest BCUT2D eigenvalue weighted by Crippen LogP contribution is -2.55. The molecule has 3 nitrogen and oxygen atoms in total. The summed E-state index contributed by atoms with van der Waals surface area (Å²) in [4.78, 5) is 0. The molecule has 1 atom stereocenters. The predicted molar refractivity (Wildman–Crippen MR) is 81.9 cm³/mol. The Hall–Kier alpha value is -0.800. The number of rotatable bonds is 7. The van der Waals surface area contributed by atoms with Gasteiger partial charge >= 0.3 is 0 Å². The van der Waals surface area contributed by atoms with Crippen molar-refractivity contribution in [2.24, 2.45) is 5.92 Å². The van der Waals surface area contributed by atoms with Crippen LogP contribution in [0.4, 0.5) is 0 Å². The molecule has 0 saturated heterocycles. The number of ether oxygens (including phenoxy) is 1. The molecule has 20 heavy (non-hydrogen) atoms. The van der Waals surface area contributed by atoms with Crippen LogP contribution in [0.15, 0.2) is 22.8 Å². The molecule has 1 aromatic heterocycles. The quantitative estimate of drug-likeness (QED) is 0.824. The van der Waals surface area contributed by atoms with E-state index in [-0.39, 0.29) is 5.60 Å². The van der Waals surface area contributed by atoms with Crippen LogP contribution in [0.3, 0.4) is 0 Å². The highest BCUT2D eigenvalue weighted by atomic mass is 16.5. The molecule has 1 N–H and O–H groups in total. The smallest absolute Gasteiger partial charge is 0.105 e. The Kier molecular flexibility index (Phi) is 5.67. The van der Waals surface area contributed by atoms with Crippen LogP contribution in [0.25, 0.3) is 0 Å². The molecule has 0 spiro atoms. The first-order valence-corrected chi connectivity index (χ1v) is 8.01. The summed E-state index contributed by atoms with van der Waals surface area (Å²) in [5.41, 5.74) is -0.0333. The molecule has 0 aliphatic heterocycles. The van der Waals surface area contributed by atoms with Crippen LogP contribution in [-0.2, 0) is 11.2 Å². The normalized spacial score (nSPS) is 28.4. The van der Waals surface area contributed by atoms with E-state index >= 15 is 0 Å². The third-order valence-corrected chi connectivity index (χ3v) is 4.79. The van der Waals surface area contributed by atoms with Crippen molar-refractivity contribution in [2.75, 3.05) is 13.7 Å². The van der Waals surface area contributed by atoms with Crippen molar-refractivity contribution in [2.45, 2.75) is 64.0 Å². The molecule has 0 radical (unpaired) electrons. The second kappa shape index (κ2) is 7.28. The highest BCUT2D eigenvalue weighted by molar-refractivity contribution is 5.06. The summed E-state index contributed by atoms with van der Waals surface area (Å²) in [6.45, 7) is 5.59. The van der Waals surface area contributed by atoms with E-state index in [9.17, 15) is 0 Å². The van der Waals surface area contributed by atoms with Crippen LogP contribution in [-0.4, -0.2) is 25.3 Å². The summed E-state index contributed by atoms with van der Waals surface area (Å²) < 4.78 is 11.6. The molecule has 1 heterocycles. The maximum atomic E-state index is 6.03. The maximum Gasteiger partial charge on any atom is 0.105 e. The summed E-state index contributed by atoms with van der Waals surface area (Å²) in [6, 6.07) is 4.37. The molecule has 1 aliphatic rings. The van der Waals surface area contributed by atoms with E-state index < -0.39 is 0 Å². The molecule has 2 rings (SSSR count). The Bertz CT molecular complexity index is 366. The molecule has 1 saturated carbocycles. The average molecular weight is 279 g/mol. The number of nitrogens with one attached hydrogen (secondary N) is 1. The zero-order valence-electron chi connectivity index (χ0n) is 13.2. The maximum absolute atomic E-state index is 6.03. The molecule has 1 unspecified atom stereocenters. The molecule has 1 aromatic rings. The summed E-state index contributed by atoms with van der Waals surface area (Å²) >= 11 is 0. The minimum Gasteiger partial charge on any atom is -0.469 e. The van der Waals surface area contributed by atoms with Crippen LogP contribution in [0.2, 0.25) is 0 Å². The van der Waals surface area contributed by atoms with E-state index in [4.69, 9.17) is 9.15 Å². The number of hydrogen-bond acceptors (Lipinski definition) is 3. The Labute approximate surface area is 123 Å². The predicted octanol–water partition coefficient (Wildman–Crippen LogP) is 3.79. The first-order valence-electron chi connectivity index (χ1n) is 8.01. The second-order valence-corrected chi connectivity index (χ2v) is 6.24. The van der Waals surface area contributed by atoms with Gasteiger partial charge in [0.2, 0.25) is 0 Å². The summed E-state index contributed by atoms with van der Waals surface area (Å²) in [5, 5.41) is 3.70. The van der Waals surface area contributed by atoms with Gasteiger partial charge in [0.1, 0.15) is 5.76 Å². The molecular weight excluding hydrogens is 250 g/mol. The zero-order valence-corrected chi connectivity index (χ0v) is 13.2. The molecule has 0 amide bonds. The average Bonchev–Trinajstić information content (AvgIpc) is 2.98. The second-order valence-electron chi connectivity index (χ2n) is 6.24. The number of methoxy groups -OCH3 is 1. The molecule has 0 aromatic carbocycles. The van der Waals surface area contributed by atoms with Crippen LogP contribution >= 0.6 is 0 Å². The first-order chi connectivity index (χ1) is 9.70. The fraction of sp³-hybridized carbons (Fsp3) is 0.765. The lowest BCUT2D eigenvalue weighted by Gasteiger charge is -2.44. The van der Waals surface area contributed by atoms with Gasteiger partial charge in [-0.1, -0.05) is 13.8 Å². The molecule has 114 valence electrons. The van der Waals surface area contributed by atoms with Gasteiger partial charge < -0.3 is 14.5 Å². The van der Waals surface area contributed by atoms with E-state index in [1.54, 1.807) is 6.26 Å². The third kappa shape index (κ3) is 3.64. The van der Waals surface area contributed by atoms with Crippen molar-refractivity contribution >= 4 is 0 Å². The van der Waals surface area contributed by atoms with Crippen molar-refractivity contribution in [1.82, 2.24) is 5.32 Å². The molecule has 1 fully saturated rings. The zero-order chi connectivity index (χ0) is 14.4. The van der Waals surface area contributed by atoms with Gasteiger partial charge in [-0.15, -0.1) is 0 Å². The fourth-order valence-electron chi connectivity index (χ4n) is 3.34. The molecular formula is C17H29NO2. The van der Waals surface area contributed by atoms with Gasteiger partial charge in [0.05, 0.1) is 11.9 Å². The van der Waals surface area contributed by atoms with E-state index in [2.05, 4.69) is 25.2 Å². The third-order valence-electron chi connectivity index (χ3n) is 4.79. The van der Waals surface area contributed by atoms with Gasteiger partial charge in [-0.05, 0) is 56.7 Å². The van der Waals surface area contributed by atoms with E-state index in [0.717, 1.165) is 43.9 Å². The Balaban J connectivity index is 2.10. The SMILES string of the molecule is CCCNC(Cc1ccco1)C1(OC)CCC(C)CC1. The van der Waals surface area contributed by atoms with Crippen molar-refractivity contribution < 1.29 is 9.15 Å². The van der Waals surface area contributed by atoms with Crippen molar-refractivity contribution in [3.05, 3.63) is 24.2 Å². The van der Waals surface area contributed by atoms with Crippen molar-refractivity contribution in [1.29, 1.82) is 0 Å². The minimum absolute atomic E-state index is 0.0333. The van der Waals surface area contributed by atoms with Gasteiger partial charge in [0, 0.05) is 19.6 Å². The van der Waals surface area contributed by atoms with Crippen LogP contribution < -0.4 is 5.32 Å². The highest BCUT2D eigenvalue weighted by Crippen LogP contribution is 2.37. The largest absolute Gasteiger partial charge is 0.469 e. The minimum atomic E-state index is -0.0333. The van der Waals surface area contributed by atoms with E-state index in [1.165, 1.54) is 12.8 Å². The van der Waals surface area contributed by atoms with Gasteiger partial charge in [0.25, 0.3) is 0 Å². The van der Waals surface area contributed by atoms with Crippen LogP contribution in [0.5, 0.6) is 0 Å². The van der Waals surface area contributed by atoms with E-state index in [0.29, 0.717) is 6.04 Å². The number of furan rings is 1.